The first-order valence-corrected chi connectivity index (χ1v) is 7.72. The van der Waals surface area contributed by atoms with Crippen LogP contribution in [0, 0.1) is 6.92 Å². The van der Waals surface area contributed by atoms with Gasteiger partial charge in [0.15, 0.2) is 0 Å². The van der Waals surface area contributed by atoms with Crippen LogP contribution in [0.4, 0.5) is 5.69 Å². The van der Waals surface area contributed by atoms with Gasteiger partial charge in [-0.3, -0.25) is 4.72 Å². The zero-order valence-electron chi connectivity index (χ0n) is 11.1. The van der Waals surface area contributed by atoms with Gasteiger partial charge in [-0.1, -0.05) is 29.8 Å². The summed E-state index contributed by atoms with van der Waals surface area (Å²) in [7, 11) is -2.33. The lowest BCUT2D eigenvalue weighted by atomic mass is 10.2. The lowest BCUT2D eigenvalue weighted by Crippen LogP contribution is -2.14. The number of para-hydroxylation sites is 1. The van der Waals surface area contributed by atoms with Gasteiger partial charge in [0.05, 0.1) is 17.8 Å². The molecular weight excluding hydrogens is 298 g/mol. The second-order valence-electron chi connectivity index (χ2n) is 4.24. The highest BCUT2D eigenvalue weighted by molar-refractivity contribution is 7.92. The summed E-state index contributed by atoms with van der Waals surface area (Å²) < 4.78 is 32.3. The van der Waals surface area contributed by atoms with Gasteiger partial charge in [-0.15, -0.1) is 0 Å². The molecule has 0 amide bonds. The molecule has 2 aromatic rings. The molecule has 0 saturated carbocycles. The van der Waals surface area contributed by atoms with Gasteiger partial charge in [0.2, 0.25) is 0 Å². The standard InChI is InChI=1S/C14H14ClNO3S/c1-10-7-8-12(11(15)9-10)16-20(17,18)14-6-4-3-5-13(14)19-2/h3-9,16H,1-2H3. The number of hydrogen-bond acceptors (Lipinski definition) is 3. The largest absolute Gasteiger partial charge is 0.495 e. The fourth-order valence-corrected chi connectivity index (χ4v) is 3.33. The highest BCUT2D eigenvalue weighted by Gasteiger charge is 2.19. The summed E-state index contributed by atoms with van der Waals surface area (Å²) in [6.07, 6.45) is 0. The van der Waals surface area contributed by atoms with E-state index in [2.05, 4.69) is 4.72 Å². The molecule has 2 aromatic carbocycles. The fourth-order valence-electron chi connectivity index (χ4n) is 1.74. The van der Waals surface area contributed by atoms with Crippen LogP contribution < -0.4 is 9.46 Å². The zero-order chi connectivity index (χ0) is 14.8. The number of nitrogens with one attached hydrogen (secondary N) is 1. The van der Waals surface area contributed by atoms with Crippen LogP contribution in [0.25, 0.3) is 0 Å². The number of anilines is 1. The first-order valence-electron chi connectivity index (χ1n) is 5.86. The molecule has 0 aromatic heterocycles. The van der Waals surface area contributed by atoms with Crippen LogP contribution >= 0.6 is 11.6 Å². The molecule has 0 fully saturated rings. The van der Waals surface area contributed by atoms with Crippen molar-refractivity contribution in [2.45, 2.75) is 11.8 Å². The van der Waals surface area contributed by atoms with E-state index in [9.17, 15) is 8.42 Å². The third-order valence-corrected chi connectivity index (χ3v) is 4.45. The number of hydrogen-bond donors (Lipinski definition) is 1. The summed E-state index contributed by atoms with van der Waals surface area (Å²) in [4.78, 5) is 0.0686. The van der Waals surface area contributed by atoms with Crippen molar-refractivity contribution in [3.05, 3.63) is 53.1 Å². The highest BCUT2D eigenvalue weighted by Crippen LogP contribution is 2.28. The van der Waals surface area contributed by atoms with Gasteiger partial charge < -0.3 is 4.74 Å². The van der Waals surface area contributed by atoms with E-state index in [1.807, 2.05) is 6.92 Å². The Morgan fingerprint density at radius 3 is 2.50 bits per heavy atom. The molecule has 0 aliphatic heterocycles. The number of halogens is 1. The molecule has 0 atom stereocenters. The summed E-state index contributed by atoms with van der Waals surface area (Å²) in [6, 6.07) is 11.5. The van der Waals surface area contributed by atoms with Gasteiger partial charge >= 0.3 is 0 Å². The topological polar surface area (TPSA) is 55.4 Å². The average molecular weight is 312 g/mol. The number of benzene rings is 2. The molecule has 20 heavy (non-hydrogen) atoms. The second-order valence-corrected chi connectivity index (χ2v) is 6.30. The molecule has 2 rings (SSSR count). The fraction of sp³-hybridized carbons (Fsp3) is 0.143. The Hall–Kier alpha value is -1.72. The van der Waals surface area contributed by atoms with Crippen LogP contribution in [-0.2, 0) is 10.0 Å². The summed E-state index contributed by atoms with van der Waals surface area (Å²) >= 11 is 6.04. The molecule has 0 spiro atoms. The van der Waals surface area contributed by atoms with Crippen molar-refractivity contribution in [3.8, 4) is 5.75 Å². The second kappa shape index (κ2) is 5.73. The van der Waals surface area contributed by atoms with Crippen molar-refractivity contribution in [2.24, 2.45) is 0 Å². The first-order chi connectivity index (χ1) is 9.44. The van der Waals surface area contributed by atoms with Crippen LogP contribution in [0.5, 0.6) is 5.75 Å². The minimum atomic E-state index is -3.75. The Kier molecular flexibility index (Phi) is 4.20. The molecule has 106 valence electrons. The third kappa shape index (κ3) is 3.05. The van der Waals surface area contributed by atoms with Crippen molar-refractivity contribution >= 4 is 27.3 Å². The Balaban J connectivity index is 2.41. The summed E-state index contributed by atoms with van der Waals surface area (Å²) in [6.45, 7) is 1.88. The molecule has 0 bridgehead atoms. The van der Waals surface area contributed by atoms with Crippen molar-refractivity contribution in [1.29, 1.82) is 0 Å². The van der Waals surface area contributed by atoms with Gasteiger partial charge in [-0.05, 0) is 36.8 Å². The van der Waals surface area contributed by atoms with Gasteiger partial charge in [0, 0.05) is 0 Å². The highest BCUT2D eigenvalue weighted by atomic mass is 35.5. The molecule has 0 aliphatic rings. The molecule has 1 N–H and O–H groups in total. The molecule has 4 nitrogen and oxygen atoms in total. The molecular formula is C14H14ClNO3S. The van der Waals surface area contributed by atoms with Crippen LogP contribution in [0.1, 0.15) is 5.56 Å². The van der Waals surface area contributed by atoms with E-state index in [0.717, 1.165) is 5.56 Å². The Morgan fingerprint density at radius 1 is 1.15 bits per heavy atom. The van der Waals surface area contributed by atoms with Crippen LogP contribution in [0.3, 0.4) is 0 Å². The van der Waals surface area contributed by atoms with E-state index in [4.69, 9.17) is 16.3 Å². The van der Waals surface area contributed by atoms with Crippen molar-refractivity contribution in [1.82, 2.24) is 0 Å². The summed E-state index contributed by atoms with van der Waals surface area (Å²) in [5, 5.41) is 0.350. The number of methoxy groups -OCH3 is 1. The van der Waals surface area contributed by atoms with Crippen LogP contribution in [0.2, 0.25) is 5.02 Å². The van der Waals surface area contributed by atoms with E-state index in [1.54, 1.807) is 36.4 Å². The zero-order valence-corrected chi connectivity index (χ0v) is 12.6. The minimum Gasteiger partial charge on any atom is -0.495 e. The molecule has 0 aliphatic carbocycles. The normalized spacial score (nSPS) is 11.2. The third-order valence-electron chi connectivity index (χ3n) is 2.73. The minimum absolute atomic E-state index is 0.0686. The maximum absolute atomic E-state index is 12.4. The lowest BCUT2D eigenvalue weighted by molar-refractivity contribution is 0.403. The predicted molar refractivity (Wildman–Crippen MR) is 80.0 cm³/mol. The molecule has 0 radical (unpaired) electrons. The predicted octanol–water partition coefficient (Wildman–Crippen LogP) is 3.46. The van der Waals surface area contributed by atoms with E-state index < -0.39 is 10.0 Å². The number of aryl methyl sites for hydroxylation is 1. The Labute approximate surface area is 123 Å². The number of sulfonamides is 1. The van der Waals surface area contributed by atoms with Gasteiger partial charge in [-0.2, -0.15) is 0 Å². The number of rotatable bonds is 4. The van der Waals surface area contributed by atoms with Crippen molar-refractivity contribution in [3.63, 3.8) is 0 Å². The van der Waals surface area contributed by atoms with E-state index in [0.29, 0.717) is 10.7 Å². The summed E-state index contributed by atoms with van der Waals surface area (Å²) in [5.74, 6) is 0.281. The Morgan fingerprint density at radius 2 is 1.85 bits per heavy atom. The van der Waals surface area contributed by atoms with E-state index in [1.165, 1.54) is 13.2 Å². The van der Waals surface area contributed by atoms with Gasteiger partial charge in [0.1, 0.15) is 10.6 Å². The first kappa shape index (κ1) is 14.7. The molecule has 0 saturated heterocycles. The van der Waals surface area contributed by atoms with Crippen LogP contribution in [0.15, 0.2) is 47.4 Å². The number of ether oxygens (including phenoxy) is 1. The maximum Gasteiger partial charge on any atom is 0.265 e. The van der Waals surface area contributed by atoms with Crippen LogP contribution in [-0.4, -0.2) is 15.5 Å². The van der Waals surface area contributed by atoms with E-state index >= 15 is 0 Å². The maximum atomic E-state index is 12.4. The SMILES string of the molecule is COc1ccccc1S(=O)(=O)Nc1ccc(C)cc1Cl. The van der Waals surface area contributed by atoms with Gasteiger partial charge in [0.25, 0.3) is 10.0 Å². The van der Waals surface area contributed by atoms with Crippen molar-refractivity contribution in [2.75, 3.05) is 11.8 Å². The van der Waals surface area contributed by atoms with Crippen molar-refractivity contribution < 1.29 is 13.2 Å². The van der Waals surface area contributed by atoms with Gasteiger partial charge in [-0.25, -0.2) is 8.42 Å². The van der Waals surface area contributed by atoms with E-state index in [-0.39, 0.29) is 10.6 Å². The quantitative estimate of drug-likeness (QED) is 0.940. The smallest absolute Gasteiger partial charge is 0.265 e. The molecule has 0 unspecified atom stereocenters. The Bertz CT molecular complexity index is 729. The molecule has 6 heteroatoms. The lowest BCUT2D eigenvalue weighted by Gasteiger charge is -2.12. The average Bonchev–Trinajstić information content (AvgIpc) is 2.42. The molecule has 0 heterocycles. The monoisotopic (exact) mass is 311 g/mol. The summed E-state index contributed by atoms with van der Waals surface area (Å²) in [5.41, 5.74) is 1.29.